The van der Waals surface area contributed by atoms with E-state index < -0.39 is 0 Å². The predicted octanol–water partition coefficient (Wildman–Crippen LogP) is 4.55. The minimum atomic E-state index is -0.102. The van der Waals surface area contributed by atoms with Gasteiger partial charge in [0, 0.05) is 30.2 Å². The molecule has 6 nitrogen and oxygen atoms in total. The van der Waals surface area contributed by atoms with Gasteiger partial charge in [-0.25, -0.2) is 0 Å². The number of methoxy groups -OCH3 is 1. The Kier molecular flexibility index (Phi) is 6.37. The second kappa shape index (κ2) is 9.03. The lowest BCUT2D eigenvalue weighted by atomic mass is 10.0. The van der Waals surface area contributed by atoms with Crippen molar-refractivity contribution in [3.05, 3.63) is 30.5 Å². The highest BCUT2D eigenvalue weighted by Gasteiger charge is 2.51. The van der Waals surface area contributed by atoms with E-state index in [1.54, 1.807) is 7.11 Å². The molecule has 1 aliphatic heterocycles. The highest BCUT2D eigenvalue weighted by molar-refractivity contribution is 5.92. The van der Waals surface area contributed by atoms with Gasteiger partial charge in [-0.2, -0.15) is 0 Å². The van der Waals surface area contributed by atoms with Gasteiger partial charge in [0.25, 0.3) is 0 Å². The number of nitrogens with zero attached hydrogens (tertiary/aromatic N) is 2. The Labute approximate surface area is 185 Å². The summed E-state index contributed by atoms with van der Waals surface area (Å²) in [5.41, 5.74) is 1.85. The van der Waals surface area contributed by atoms with Gasteiger partial charge in [0.2, 0.25) is 5.91 Å². The number of nitrogens with one attached hydrogen (secondary N) is 2. The van der Waals surface area contributed by atoms with Crippen molar-refractivity contribution in [3.63, 3.8) is 0 Å². The van der Waals surface area contributed by atoms with Crippen LogP contribution >= 0.6 is 0 Å². The molecule has 4 rings (SSSR count). The molecule has 2 atom stereocenters. The van der Waals surface area contributed by atoms with Crippen molar-refractivity contribution in [3.8, 4) is 5.75 Å². The molecule has 0 bridgehead atoms. The van der Waals surface area contributed by atoms with Crippen LogP contribution in [0.1, 0.15) is 59.3 Å². The SMILES string of the molecule is COc1cc(NC(C)CCCN2C(=O)[C@H](C(C)C)NC23CCCC3)c2ncccc2c1. The molecule has 168 valence electrons. The van der Waals surface area contributed by atoms with Gasteiger partial charge in [0.05, 0.1) is 30.0 Å². The summed E-state index contributed by atoms with van der Waals surface area (Å²) < 4.78 is 5.47. The third kappa shape index (κ3) is 4.36. The van der Waals surface area contributed by atoms with Crippen LogP contribution in [-0.2, 0) is 4.79 Å². The molecule has 31 heavy (non-hydrogen) atoms. The normalized spacial score (nSPS) is 21.4. The van der Waals surface area contributed by atoms with E-state index in [-0.39, 0.29) is 17.7 Å². The summed E-state index contributed by atoms with van der Waals surface area (Å²) in [6.07, 6.45) is 8.35. The molecule has 0 radical (unpaired) electrons. The van der Waals surface area contributed by atoms with Crippen molar-refractivity contribution in [2.24, 2.45) is 5.92 Å². The van der Waals surface area contributed by atoms with E-state index in [1.165, 1.54) is 12.8 Å². The van der Waals surface area contributed by atoms with Gasteiger partial charge in [-0.3, -0.25) is 15.1 Å². The Morgan fingerprint density at radius 2 is 2.06 bits per heavy atom. The van der Waals surface area contributed by atoms with E-state index >= 15 is 0 Å². The summed E-state index contributed by atoms with van der Waals surface area (Å²) in [5.74, 6) is 1.44. The molecular formula is C25H36N4O2. The van der Waals surface area contributed by atoms with Gasteiger partial charge in [-0.1, -0.05) is 19.9 Å². The zero-order valence-electron chi connectivity index (χ0n) is 19.3. The van der Waals surface area contributed by atoms with Crippen LogP contribution in [0.5, 0.6) is 5.75 Å². The van der Waals surface area contributed by atoms with Gasteiger partial charge in [-0.15, -0.1) is 0 Å². The van der Waals surface area contributed by atoms with Crippen LogP contribution in [0.3, 0.4) is 0 Å². The molecule has 1 amide bonds. The van der Waals surface area contributed by atoms with Crippen LogP contribution in [0.2, 0.25) is 0 Å². The third-order valence-electron chi connectivity index (χ3n) is 6.91. The number of pyridine rings is 1. The fourth-order valence-corrected chi connectivity index (χ4v) is 5.24. The van der Waals surface area contributed by atoms with Crippen LogP contribution in [0.25, 0.3) is 10.9 Å². The van der Waals surface area contributed by atoms with Gasteiger partial charge in [-0.05, 0) is 63.5 Å². The molecule has 2 aromatic rings. The van der Waals surface area contributed by atoms with Crippen molar-refractivity contribution in [1.29, 1.82) is 0 Å². The predicted molar refractivity (Wildman–Crippen MR) is 125 cm³/mol. The molecular weight excluding hydrogens is 388 g/mol. The Morgan fingerprint density at radius 1 is 1.29 bits per heavy atom. The highest BCUT2D eigenvalue weighted by atomic mass is 16.5. The number of amides is 1. The Balaban J connectivity index is 1.40. The lowest BCUT2D eigenvalue weighted by Crippen LogP contribution is -2.51. The Morgan fingerprint density at radius 3 is 2.77 bits per heavy atom. The zero-order valence-corrected chi connectivity index (χ0v) is 19.3. The van der Waals surface area contributed by atoms with E-state index in [9.17, 15) is 4.79 Å². The first-order valence-electron chi connectivity index (χ1n) is 11.7. The van der Waals surface area contributed by atoms with Crippen LogP contribution in [-0.4, -0.2) is 47.2 Å². The maximum Gasteiger partial charge on any atom is 0.241 e. The summed E-state index contributed by atoms with van der Waals surface area (Å²) in [6, 6.07) is 8.25. The number of carbonyl (C=O) groups is 1. The molecule has 2 N–H and O–H groups in total. The quantitative estimate of drug-likeness (QED) is 0.651. The fourth-order valence-electron chi connectivity index (χ4n) is 5.24. The summed E-state index contributed by atoms with van der Waals surface area (Å²) in [6.45, 7) is 7.29. The van der Waals surface area contributed by atoms with Crippen LogP contribution in [0.4, 0.5) is 5.69 Å². The second-order valence-corrected chi connectivity index (χ2v) is 9.53. The first kappa shape index (κ1) is 21.9. The summed E-state index contributed by atoms with van der Waals surface area (Å²) in [4.78, 5) is 19.8. The van der Waals surface area contributed by atoms with Gasteiger partial charge < -0.3 is 15.0 Å². The minimum absolute atomic E-state index is 0.0390. The minimum Gasteiger partial charge on any atom is -0.497 e. The van der Waals surface area contributed by atoms with E-state index in [1.807, 2.05) is 24.4 Å². The van der Waals surface area contributed by atoms with E-state index in [0.29, 0.717) is 11.8 Å². The molecule has 1 aromatic carbocycles. The van der Waals surface area contributed by atoms with Crippen molar-refractivity contribution in [2.45, 2.75) is 77.0 Å². The van der Waals surface area contributed by atoms with Crippen LogP contribution < -0.4 is 15.4 Å². The molecule has 2 aliphatic rings. The standard InChI is InChI=1S/C25H36N4O2/c1-17(2)22-24(30)29(25(28-22)11-5-6-12-25)14-8-9-18(3)27-21-16-20(31-4)15-19-10-7-13-26-23(19)21/h7,10,13,15-18,22,27-28H,5-6,8-9,11-12,14H2,1-4H3/t18?,22-/m0/s1. The smallest absolute Gasteiger partial charge is 0.241 e. The molecule has 2 heterocycles. The molecule has 1 saturated heterocycles. The van der Waals surface area contributed by atoms with E-state index in [0.717, 1.165) is 54.6 Å². The van der Waals surface area contributed by atoms with Crippen molar-refractivity contribution in [2.75, 3.05) is 19.0 Å². The van der Waals surface area contributed by atoms with Gasteiger partial charge in [0.15, 0.2) is 0 Å². The topological polar surface area (TPSA) is 66.5 Å². The van der Waals surface area contributed by atoms with Crippen LogP contribution in [0.15, 0.2) is 30.5 Å². The average Bonchev–Trinajstić information content (AvgIpc) is 3.34. The molecule has 1 aliphatic carbocycles. The summed E-state index contributed by atoms with van der Waals surface area (Å²) in [7, 11) is 1.69. The number of fused-ring (bicyclic) bond motifs is 1. The first-order valence-corrected chi connectivity index (χ1v) is 11.7. The number of hydrogen-bond donors (Lipinski definition) is 2. The number of rotatable bonds is 8. The van der Waals surface area contributed by atoms with E-state index in [2.05, 4.69) is 47.4 Å². The van der Waals surface area contributed by atoms with Crippen LogP contribution in [0, 0.1) is 5.92 Å². The maximum atomic E-state index is 13.1. The van der Waals surface area contributed by atoms with Crippen molar-refractivity contribution < 1.29 is 9.53 Å². The van der Waals surface area contributed by atoms with Gasteiger partial charge >= 0.3 is 0 Å². The summed E-state index contributed by atoms with van der Waals surface area (Å²) in [5, 5.41) is 8.40. The molecule has 1 aromatic heterocycles. The average molecular weight is 425 g/mol. The van der Waals surface area contributed by atoms with Crippen molar-refractivity contribution in [1.82, 2.24) is 15.2 Å². The van der Waals surface area contributed by atoms with E-state index in [4.69, 9.17) is 4.74 Å². The Hall–Kier alpha value is -2.34. The Bertz CT molecular complexity index is 923. The molecule has 1 saturated carbocycles. The number of benzene rings is 1. The largest absolute Gasteiger partial charge is 0.497 e. The number of anilines is 1. The number of hydrogen-bond acceptors (Lipinski definition) is 5. The monoisotopic (exact) mass is 424 g/mol. The number of carbonyl (C=O) groups excluding carboxylic acids is 1. The lowest BCUT2D eigenvalue weighted by molar-refractivity contribution is -0.132. The second-order valence-electron chi connectivity index (χ2n) is 9.53. The summed E-state index contributed by atoms with van der Waals surface area (Å²) >= 11 is 0. The molecule has 1 spiro atoms. The fraction of sp³-hybridized carbons (Fsp3) is 0.600. The highest BCUT2D eigenvalue weighted by Crippen LogP contribution is 2.39. The molecule has 1 unspecified atom stereocenters. The zero-order chi connectivity index (χ0) is 22.0. The number of ether oxygens (including phenoxy) is 1. The lowest BCUT2D eigenvalue weighted by Gasteiger charge is -2.35. The number of aromatic nitrogens is 1. The van der Waals surface area contributed by atoms with Crippen molar-refractivity contribution >= 4 is 22.5 Å². The maximum absolute atomic E-state index is 13.1. The third-order valence-corrected chi connectivity index (χ3v) is 6.91. The molecule has 2 fully saturated rings. The molecule has 6 heteroatoms. The van der Waals surface area contributed by atoms with Gasteiger partial charge in [0.1, 0.15) is 5.75 Å². The first-order chi connectivity index (χ1) is 14.9.